The molecule has 37 heavy (non-hydrogen) atoms. The molecule has 1 aliphatic rings. The predicted molar refractivity (Wildman–Crippen MR) is 149 cm³/mol. The van der Waals surface area contributed by atoms with Crippen molar-refractivity contribution < 1.29 is 22.2 Å². The predicted octanol–water partition coefficient (Wildman–Crippen LogP) is 10.3. The first-order valence-electron chi connectivity index (χ1n) is 13.1. The minimum atomic E-state index is -4.65. The van der Waals surface area contributed by atoms with Crippen molar-refractivity contribution in [3.8, 4) is 11.5 Å². The zero-order valence-corrected chi connectivity index (χ0v) is 25.5. The van der Waals surface area contributed by atoms with Gasteiger partial charge in [0, 0.05) is 11.1 Å². The number of benzene rings is 2. The second-order valence-electron chi connectivity index (χ2n) is 14.4. The van der Waals surface area contributed by atoms with Crippen LogP contribution < -0.4 is 9.05 Å². The molecule has 0 unspecified atom stereocenters. The Morgan fingerprint density at radius 3 is 1.11 bits per heavy atom. The van der Waals surface area contributed by atoms with Gasteiger partial charge in [-0.2, -0.15) is 13.2 Å². The molecule has 0 fully saturated rings. The molecule has 0 aromatic heterocycles. The standard InChI is InChI=1S/C31H44F3O2P/c1-27(2,3)21-15-19-13-14-20-16-22(28(4,5)6)18-24(30(10,11)12)26(20)36-37(31(32,33)34)35-25(19)23(17-21)29(7,8)9/h15-18H,13-14H2,1-12H3. The first-order chi connectivity index (χ1) is 16.5. The van der Waals surface area contributed by atoms with Crippen molar-refractivity contribution in [3.63, 3.8) is 0 Å². The minimum absolute atomic E-state index is 0.157. The van der Waals surface area contributed by atoms with Crippen molar-refractivity contribution in [2.75, 3.05) is 0 Å². The van der Waals surface area contributed by atoms with Crippen LogP contribution in [0, 0.1) is 0 Å². The molecule has 6 heteroatoms. The van der Waals surface area contributed by atoms with Gasteiger partial charge in [0.1, 0.15) is 11.5 Å². The number of alkyl halides is 3. The summed E-state index contributed by atoms with van der Waals surface area (Å²) < 4.78 is 55.5. The van der Waals surface area contributed by atoms with Gasteiger partial charge in [-0.15, -0.1) is 0 Å². The van der Waals surface area contributed by atoms with Crippen LogP contribution in [0.1, 0.15) is 116 Å². The molecule has 2 aromatic rings. The first-order valence-corrected chi connectivity index (χ1v) is 14.3. The van der Waals surface area contributed by atoms with E-state index in [9.17, 15) is 13.2 Å². The Hall–Kier alpha value is -1.74. The molecule has 1 heterocycles. The van der Waals surface area contributed by atoms with Crippen LogP contribution in [-0.2, 0) is 34.5 Å². The second-order valence-corrected chi connectivity index (χ2v) is 15.8. The highest BCUT2D eigenvalue weighted by atomic mass is 31.2. The van der Waals surface area contributed by atoms with Crippen LogP contribution in [0.25, 0.3) is 0 Å². The molecule has 0 spiro atoms. The van der Waals surface area contributed by atoms with Gasteiger partial charge in [-0.3, -0.25) is 0 Å². The molecule has 0 aliphatic carbocycles. The van der Waals surface area contributed by atoms with Crippen molar-refractivity contribution in [1.29, 1.82) is 0 Å². The fourth-order valence-electron chi connectivity index (χ4n) is 4.50. The summed E-state index contributed by atoms with van der Waals surface area (Å²) in [4.78, 5) is 0. The molecule has 206 valence electrons. The molecule has 0 N–H and O–H groups in total. The number of hydrogen-bond donors (Lipinski definition) is 0. The normalized spacial score (nSPS) is 16.1. The maximum absolute atomic E-state index is 14.5. The maximum atomic E-state index is 14.5. The highest BCUT2D eigenvalue weighted by Crippen LogP contribution is 2.59. The Kier molecular flexibility index (Phi) is 7.63. The van der Waals surface area contributed by atoms with Crippen molar-refractivity contribution in [2.45, 2.75) is 124 Å². The van der Waals surface area contributed by atoms with E-state index in [0.717, 1.165) is 33.4 Å². The Morgan fingerprint density at radius 2 is 0.865 bits per heavy atom. The molecule has 2 nitrogen and oxygen atoms in total. The van der Waals surface area contributed by atoms with E-state index in [1.807, 2.05) is 65.8 Å². The van der Waals surface area contributed by atoms with E-state index >= 15 is 0 Å². The topological polar surface area (TPSA) is 18.5 Å². The van der Waals surface area contributed by atoms with Gasteiger partial charge in [0.25, 0.3) is 0 Å². The van der Waals surface area contributed by atoms with Crippen LogP contribution in [0.4, 0.5) is 13.2 Å². The zero-order chi connectivity index (χ0) is 28.4. The van der Waals surface area contributed by atoms with Crippen LogP contribution in [0.2, 0.25) is 0 Å². The van der Waals surface area contributed by atoms with Gasteiger partial charge in [0.15, 0.2) is 0 Å². The van der Waals surface area contributed by atoms with Crippen molar-refractivity contribution >= 4 is 8.38 Å². The molecular weight excluding hydrogens is 492 g/mol. The molecule has 0 amide bonds. The van der Waals surface area contributed by atoms with E-state index in [1.54, 1.807) is 0 Å². The highest BCUT2D eigenvalue weighted by molar-refractivity contribution is 7.49. The summed E-state index contributed by atoms with van der Waals surface area (Å²) in [6.07, 6.45) is 1.13. The lowest BCUT2D eigenvalue weighted by Crippen LogP contribution is -2.21. The molecule has 0 radical (unpaired) electrons. The van der Waals surface area contributed by atoms with Crippen molar-refractivity contribution in [2.24, 2.45) is 0 Å². The summed E-state index contributed by atoms with van der Waals surface area (Å²) in [6, 6.07) is 8.12. The first kappa shape index (κ1) is 29.8. The number of fused-ring (bicyclic) bond motifs is 2. The van der Waals surface area contributed by atoms with Crippen LogP contribution >= 0.6 is 8.38 Å². The van der Waals surface area contributed by atoms with Crippen LogP contribution in [-0.4, -0.2) is 5.92 Å². The van der Waals surface area contributed by atoms with E-state index in [1.165, 1.54) is 0 Å². The van der Waals surface area contributed by atoms with Gasteiger partial charge in [-0.1, -0.05) is 107 Å². The van der Waals surface area contributed by atoms with E-state index in [4.69, 9.17) is 9.05 Å². The Morgan fingerprint density at radius 1 is 0.541 bits per heavy atom. The fraction of sp³-hybridized carbons (Fsp3) is 0.613. The van der Waals surface area contributed by atoms with Crippen molar-refractivity contribution in [3.05, 3.63) is 57.6 Å². The molecule has 0 saturated carbocycles. The van der Waals surface area contributed by atoms with Crippen molar-refractivity contribution in [1.82, 2.24) is 0 Å². The van der Waals surface area contributed by atoms with Gasteiger partial charge in [0.2, 0.25) is 0 Å². The van der Waals surface area contributed by atoms with Gasteiger partial charge in [-0.05, 0) is 56.8 Å². The molecule has 3 rings (SSSR count). The van der Waals surface area contributed by atoms with E-state index in [-0.39, 0.29) is 10.8 Å². The summed E-state index contributed by atoms with van der Waals surface area (Å²) in [5.41, 5.74) is 4.24. The number of halogens is 3. The third-order valence-electron chi connectivity index (χ3n) is 6.90. The fourth-order valence-corrected chi connectivity index (χ4v) is 5.51. The van der Waals surface area contributed by atoms with Crippen LogP contribution in [0.15, 0.2) is 24.3 Å². The zero-order valence-electron chi connectivity index (χ0n) is 24.6. The van der Waals surface area contributed by atoms with Gasteiger partial charge in [-0.25, -0.2) is 0 Å². The summed E-state index contributed by atoms with van der Waals surface area (Å²) in [7, 11) is -3.25. The van der Waals surface area contributed by atoms with Gasteiger partial charge < -0.3 is 9.05 Å². The lowest BCUT2D eigenvalue weighted by molar-refractivity contribution is -0.0535. The molecule has 1 aliphatic heterocycles. The summed E-state index contributed by atoms with van der Waals surface area (Å²) in [5.74, 6) is -4.00. The van der Waals surface area contributed by atoms with E-state index in [0.29, 0.717) is 24.3 Å². The minimum Gasteiger partial charge on any atom is -0.432 e. The van der Waals surface area contributed by atoms with Crippen LogP contribution in [0.3, 0.4) is 0 Å². The highest BCUT2D eigenvalue weighted by Gasteiger charge is 2.49. The quantitative estimate of drug-likeness (QED) is 0.312. The monoisotopic (exact) mass is 536 g/mol. The van der Waals surface area contributed by atoms with Crippen LogP contribution in [0.5, 0.6) is 11.5 Å². The van der Waals surface area contributed by atoms with Gasteiger partial charge in [0.05, 0.1) is 0 Å². The third-order valence-corrected chi connectivity index (χ3v) is 8.01. The Bertz CT molecular complexity index is 1070. The average molecular weight is 537 g/mol. The number of hydrogen-bond acceptors (Lipinski definition) is 2. The summed E-state index contributed by atoms with van der Waals surface area (Å²) >= 11 is 0. The summed E-state index contributed by atoms with van der Waals surface area (Å²) in [5, 5.41) is 0. The molecule has 0 saturated heterocycles. The summed E-state index contributed by atoms with van der Waals surface area (Å²) in [6.45, 7) is 24.9. The van der Waals surface area contributed by atoms with Gasteiger partial charge >= 0.3 is 14.3 Å². The SMILES string of the molecule is CC(C)(C)c1cc2c(c(C(C)(C)C)c1)OP(C(F)(F)F)Oc1c(cc(C(C)(C)C)cc1C(C)(C)C)CC2. The Labute approximate surface area is 223 Å². The van der Waals surface area contributed by atoms with E-state index in [2.05, 4.69) is 41.5 Å². The average Bonchev–Trinajstić information content (AvgIpc) is 2.76. The smallest absolute Gasteiger partial charge is 0.432 e. The molecule has 0 atom stereocenters. The lowest BCUT2D eigenvalue weighted by atomic mass is 9.77. The Balaban J connectivity index is 2.36. The largest absolute Gasteiger partial charge is 0.484 e. The molecule has 0 bridgehead atoms. The maximum Gasteiger partial charge on any atom is 0.484 e. The number of aryl methyl sites for hydroxylation is 2. The van der Waals surface area contributed by atoms with E-state index < -0.39 is 25.1 Å². The number of rotatable bonds is 0. The lowest BCUT2D eigenvalue weighted by Gasteiger charge is -2.31. The molecule has 2 aromatic carbocycles. The molecular formula is C31H44F3O2P. The second kappa shape index (κ2) is 9.47. The third kappa shape index (κ3) is 6.64.